The number of rotatable bonds is 5. The molecule has 1 aromatic carbocycles. The van der Waals surface area contributed by atoms with E-state index < -0.39 is 37.4 Å². The summed E-state index contributed by atoms with van der Waals surface area (Å²) in [4.78, 5) is 13.8. The van der Waals surface area contributed by atoms with Crippen LogP contribution < -0.4 is 5.56 Å². The molecule has 2 aromatic rings. The number of nitrogens with zero attached hydrogens (tertiary/aromatic N) is 1. The van der Waals surface area contributed by atoms with Crippen LogP contribution in [0, 0.1) is 4.77 Å². The zero-order valence-corrected chi connectivity index (χ0v) is 19.4. The van der Waals surface area contributed by atoms with Crippen molar-refractivity contribution in [3.8, 4) is 0 Å². The molecule has 0 saturated carbocycles. The van der Waals surface area contributed by atoms with Gasteiger partial charge in [0.2, 0.25) is 0 Å². The van der Waals surface area contributed by atoms with E-state index in [1.807, 2.05) is 6.07 Å². The molecule has 4 atom stereocenters. The maximum atomic E-state index is 12.8. The Hall–Kier alpha value is -1.40. The molecule has 174 valence electrons. The molecular weight excluding hydrogens is 483 g/mol. The molecule has 32 heavy (non-hydrogen) atoms. The number of hydrogen-bond donors (Lipinski definition) is 3. The van der Waals surface area contributed by atoms with Crippen molar-refractivity contribution in [1.82, 2.24) is 9.55 Å². The molecule has 2 fully saturated rings. The standard InChI is InChI=1S/C19H22ClN2O8PS/c1-19(25)16(24)14(30-17(19)22-6-5-15(23)21-18(22)32)10-29-31(26)27-8-12(9-28-31)11-3-2-4-13(20)7-11/h2-7,12,14,16-17,24-25H,8-10H2,1H3,(H,21,23,32)/t12?,14-,16+,17-,19?,31?/m1/s1. The van der Waals surface area contributed by atoms with Gasteiger partial charge in [-0.25, -0.2) is 4.57 Å². The highest BCUT2D eigenvalue weighted by molar-refractivity contribution is 7.71. The van der Waals surface area contributed by atoms with Crippen LogP contribution >= 0.6 is 31.6 Å². The Morgan fingerprint density at radius 2 is 2.09 bits per heavy atom. The largest absolute Gasteiger partial charge is 0.474 e. The Bertz CT molecular complexity index is 1140. The molecule has 3 heterocycles. The zero-order valence-electron chi connectivity index (χ0n) is 16.9. The predicted octanol–water partition coefficient (Wildman–Crippen LogP) is 2.52. The molecule has 2 aliphatic heterocycles. The van der Waals surface area contributed by atoms with Gasteiger partial charge in [0, 0.05) is 23.2 Å². The lowest BCUT2D eigenvalue weighted by atomic mass is 9.96. The first-order chi connectivity index (χ1) is 15.1. The van der Waals surface area contributed by atoms with E-state index in [1.165, 1.54) is 23.8 Å². The van der Waals surface area contributed by atoms with Gasteiger partial charge in [0.05, 0.1) is 19.8 Å². The maximum Gasteiger partial charge on any atom is 0.474 e. The molecule has 10 nitrogen and oxygen atoms in total. The van der Waals surface area contributed by atoms with Crippen LogP contribution in [0.15, 0.2) is 41.3 Å². The van der Waals surface area contributed by atoms with E-state index in [4.69, 9.17) is 42.1 Å². The summed E-state index contributed by atoms with van der Waals surface area (Å²) in [5.41, 5.74) is -1.30. The second-order valence-corrected chi connectivity index (χ2v) is 10.3. The van der Waals surface area contributed by atoms with Crippen molar-refractivity contribution in [1.29, 1.82) is 0 Å². The number of benzene rings is 1. The number of halogens is 1. The number of phosphoric ester groups is 1. The molecule has 0 aliphatic carbocycles. The van der Waals surface area contributed by atoms with Gasteiger partial charge >= 0.3 is 7.82 Å². The molecule has 2 saturated heterocycles. The Labute approximate surface area is 193 Å². The highest BCUT2D eigenvalue weighted by atomic mass is 35.5. The van der Waals surface area contributed by atoms with Gasteiger partial charge in [-0.1, -0.05) is 23.7 Å². The summed E-state index contributed by atoms with van der Waals surface area (Å²) in [7, 11) is -3.89. The molecule has 3 N–H and O–H groups in total. The fourth-order valence-corrected chi connectivity index (χ4v) is 5.36. The quantitative estimate of drug-likeness (QED) is 0.415. The topological polar surface area (TPSA) is 132 Å². The Balaban J connectivity index is 1.40. The van der Waals surface area contributed by atoms with Gasteiger partial charge in [0.15, 0.2) is 11.0 Å². The SMILES string of the molecule is CC1(O)[C@@H](O)[C@@H](COP2(=O)OCC(c3cccc(Cl)c3)CO2)O[C@H]1n1ccc(=O)[nH]c1=S. The summed E-state index contributed by atoms with van der Waals surface area (Å²) in [6.07, 6.45) is -2.23. The summed E-state index contributed by atoms with van der Waals surface area (Å²) >= 11 is 11.1. The van der Waals surface area contributed by atoms with Crippen LogP contribution in [0.1, 0.15) is 24.6 Å². The van der Waals surface area contributed by atoms with Gasteiger partial charge < -0.3 is 14.9 Å². The number of aromatic nitrogens is 2. The second-order valence-electron chi connectivity index (χ2n) is 7.80. The van der Waals surface area contributed by atoms with E-state index in [1.54, 1.807) is 18.2 Å². The molecule has 1 aromatic heterocycles. The van der Waals surface area contributed by atoms with E-state index in [9.17, 15) is 19.6 Å². The van der Waals surface area contributed by atoms with E-state index >= 15 is 0 Å². The summed E-state index contributed by atoms with van der Waals surface area (Å²) in [5, 5.41) is 21.9. The van der Waals surface area contributed by atoms with Crippen LogP contribution in [0.3, 0.4) is 0 Å². The third-order valence-electron chi connectivity index (χ3n) is 5.44. The van der Waals surface area contributed by atoms with Crippen molar-refractivity contribution in [2.75, 3.05) is 19.8 Å². The van der Waals surface area contributed by atoms with Gasteiger partial charge in [0.25, 0.3) is 5.56 Å². The van der Waals surface area contributed by atoms with Gasteiger partial charge in [0.1, 0.15) is 17.8 Å². The van der Waals surface area contributed by atoms with E-state index in [-0.39, 0.29) is 30.5 Å². The third kappa shape index (κ3) is 4.77. The van der Waals surface area contributed by atoms with Gasteiger partial charge in [-0.15, -0.1) is 0 Å². The van der Waals surface area contributed by atoms with E-state index in [0.29, 0.717) is 5.02 Å². The molecule has 0 amide bonds. The van der Waals surface area contributed by atoms with Crippen molar-refractivity contribution >= 4 is 31.6 Å². The molecule has 0 spiro atoms. The number of aliphatic hydroxyl groups is 2. The Kier molecular flexibility index (Phi) is 6.75. The predicted molar refractivity (Wildman–Crippen MR) is 116 cm³/mol. The lowest BCUT2D eigenvalue weighted by molar-refractivity contribution is -0.0980. The fraction of sp³-hybridized carbons (Fsp3) is 0.474. The van der Waals surface area contributed by atoms with E-state index in [0.717, 1.165) is 5.56 Å². The van der Waals surface area contributed by atoms with Crippen LogP contribution in [0.2, 0.25) is 5.02 Å². The van der Waals surface area contributed by atoms with Crippen molar-refractivity contribution in [3.05, 3.63) is 62.2 Å². The lowest BCUT2D eigenvalue weighted by Gasteiger charge is -2.29. The monoisotopic (exact) mass is 504 g/mol. The van der Waals surface area contributed by atoms with Crippen LogP contribution in [-0.4, -0.2) is 57.4 Å². The average Bonchev–Trinajstić information content (AvgIpc) is 2.96. The highest BCUT2D eigenvalue weighted by Crippen LogP contribution is 2.54. The molecular formula is C19H22ClN2O8PS. The molecule has 4 rings (SSSR count). The zero-order chi connectivity index (χ0) is 23.1. The normalized spacial score (nSPS) is 35.1. The van der Waals surface area contributed by atoms with E-state index in [2.05, 4.69) is 4.98 Å². The number of aromatic amines is 1. The minimum atomic E-state index is -3.89. The van der Waals surface area contributed by atoms with Crippen molar-refractivity contribution in [2.45, 2.75) is 36.9 Å². The summed E-state index contributed by atoms with van der Waals surface area (Å²) in [6.45, 7) is 1.18. The second kappa shape index (κ2) is 9.09. The van der Waals surface area contributed by atoms with Gasteiger partial charge in [-0.3, -0.25) is 27.9 Å². The Morgan fingerprint density at radius 3 is 2.75 bits per heavy atom. The molecule has 0 radical (unpaired) electrons. The molecule has 0 bridgehead atoms. The molecule has 13 heteroatoms. The maximum absolute atomic E-state index is 12.8. The molecule has 2 aliphatic rings. The number of aliphatic hydroxyl groups excluding tert-OH is 1. The van der Waals surface area contributed by atoms with Crippen molar-refractivity contribution in [3.63, 3.8) is 0 Å². The average molecular weight is 505 g/mol. The smallest absolute Gasteiger partial charge is 0.387 e. The van der Waals surface area contributed by atoms with Crippen molar-refractivity contribution in [2.24, 2.45) is 0 Å². The van der Waals surface area contributed by atoms with Crippen LogP contribution in [0.5, 0.6) is 0 Å². The summed E-state index contributed by atoms with van der Waals surface area (Å²) < 4.78 is 35.9. The number of hydrogen-bond acceptors (Lipinski definition) is 9. The number of phosphoric acid groups is 1. The Morgan fingerprint density at radius 1 is 1.38 bits per heavy atom. The minimum absolute atomic E-state index is 0.00958. The fourth-order valence-electron chi connectivity index (χ4n) is 3.63. The van der Waals surface area contributed by atoms with Crippen molar-refractivity contribution < 1.29 is 33.1 Å². The first kappa shape index (κ1) is 23.7. The first-order valence-corrected chi connectivity index (χ1v) is 12.0. The summed E-state index contributed by atoms with van der Waals surface area (Å²) in [6, 6.07) is 8.41. The van der Waals surface area contributed by atoms with Gasteiger partial charge in [-0.05, 0) is 36.8 Å². The van der Waals surface area contributed by atoms with Gasteiger partial charge in [-0.2, -0.15) is 0 Å². The number of ether oxygens (including phenoxy) is 1. The van der Waals surface area contributed by atoms with Crippen LogP contribution in [0.25, 0.3) is 0 Å². The molecule has 1 unspecified atom stereocenters. The minimum Gasteiger partial charge on any atom is -0.387 e. The summed E-state index contributed by atoms with van der Waals surface area (Å²) in [5.74, 6) is -0.167. The lowest BCUT2D eigenvalue weighted by Crippen LogP contribution is -2.44. The number of nitrogens with one attached hydrogen (secondary N) is 1. The third-order valence-corrected chi connectivity index (χ3v) is 7.39. The van der Waals surface area contributed by atoms with Crippen LogP contribution in [-0.2, 0) is 22.9 Å². The highest BCUT2D eigenvalue weighted by Gasteiger charge is 2.54. The van der Waals surface area contributed by atoms with Crippen LogP contribution in [0.4, 0.5) is 0 Å². The first-order valence-electron chi connectivity index (χ1n) is 9.75. The number of H-pyrrole nitrogens is 1.